The minimum atomic E-state index is -1.79. The van der Waals surface area contributed by atoms with E-state index in [1.165, 1.54) is 35.5 Å². The quantitative estimate of drug-likeness (QED) is 0.619. The van der Waals surface area contributed by atoms with Crippen LogP contribution >= 0.6 is 11.8 Å². The van der Waals surface area contributed by atoms with Crippen LogP contribution in [0.4, 0.5) is 4.39 Å². The van der Waals surface area contributed by atoms with Gasteiger partial charge in [-0.05, 0) is 49.2 Å². The zero-order valence-electron chi connectivity index (χ0n) is 18.1. The second-order valence-electron chi connectivity index (χ2n) is 8.05. The molecule has 2 aromatic carbocycles. The Labute approximate surface area is 186 Å². The van der Waals surface area contributed by atoms with Gasteiger partial charge in [0, 0.05) is 25.3 Å². The number of carboxylic acids is 1. The first-order valence-electron chi connectivity index (χ1n) is 10.1. The molecule has 0 aromatic heterocycles. The summed E-state index contributed by atoms with van der Waals surface area (Å²) < 4.78 is 13.9. The summed E-state index contributed by atoms with van der Waals surface area (Å²) in [5.74, 6) is -1.27. The zero-order chi connectivity index (χ0) is 22.6. The van der Waals surface area contributed by atoms with E-state index in [1.807, 2.05) is 32.5 Å². The maximum Gasteiger partial charge on any atom is 0.330 e. The number of rotatable bonds is 9. The highest BCUT2D eigenvalue weighted by atomic mass is 32.2. The second kappa shape index (κ2) is 9.80. The van der Waals surface area contributed by atoms with E-state index >= 15 is 0 Å². The Bertz CT molecular complexity index is 951. The lowest BCUT2D eigenvalue weighted by Gasteiger charge is -2.38. The molecule has 0 amide bonds. The number of carboxylic acid groups (broad SMARTS) is 1. The first-order chi connectivity index (χ1) is 14.8. The van der Waals surface area contributed by atoms with E-state index in [4.69, 9.17) is 10.8 Å². The highest BCUT2D eigenvalue weighted by Crippen LogP contribution is 2.32. The van der Waals surface area contributed by atoms with Crippen molar-refractivity contribution in [2.45, 2.75) is 24.5 Å². The number of thioether (sulfide) groups is 1. The Morgan fingerprint density at radius 2 is 2.03 bits per heavy atom. The van der Waals surface area contributed by atoms with Gasteiger partial charge in [0.25, 0.3) is 0 Å². The Morgan fingerprint density at radius 3 is 2.61 bits per heavy atom. The molecule has 8 heteroatoms. The van der Waals surface area contributed by atoms with Crippen molar-refractivity contribution in [1.82, 2.24) is 9.91 Å². The number of hydrogen-bond acceptors (Lipinski definition) is 6. The number of benzene rings is 2. The van der Waals surface area contributed by atoms with Crippen LogP contribution in [0.3, 0.4) is 0 Å². The molecule has 3 rings (SSSR count). The van der Waals surface area contributed by atoms with Gasteiger partial charge in [0.1, 0.15) is 5.82 Å². The van der Waals surface area contributed by atoms with Crippen LogP contribution in [0, 0.1) is 5.82 Å². The molecule has 2 atom stereocenters. The van der Waals surface area contributed by atoms with E-state index in [1.54, 1.807) is 11.1 Å². The van der Waals surface area contributed by atoms with Crippen LogP contribution in [0.15, 0.2) is 53.6 Å². The number of nitrogens with zero attached hydrogens (tertiary/aromatic N) is 3. The summed E-state index contributed by atoms with van der Waals surface area (Å²) >= 11 is 1.49. The average molecular weight is 445 g/mol. The molecule has 31 heavy (non-hydrogen) atoms. The molecule has 1 heterocycles. The molecule has 0 fully saturated rings. The molecule has 1 aliphatic rings. The van der Waals surface area contributed by atoms with Crippen molar-refractivity contribution in [3.63, 3.8) is 0 Å². The van der Waals surface area contributed by atoms with Gasteiger partial charge >= 0.3 is 5.97 Å². The normalized spacial score (nSPS) is 16.8. The van der Waals surface area contributed by atoms with Crippen molar-refractivity contribution in [2.24, 2.45) is 10.8 Å². The van der Waals surface area contributed by atoms with Gasteiger partial charge in [0.2, 0.25) is 0 Å². The van der Waals surface area contributed by atoms with Gasteiger partial charge in [0.05, 0.1) is 11.8 Å². The van der Waals surface area contributed by atoms with E-state index in [0.717, 1.165) is 17.8 Å². The SMILES string of the molecule is CSCC(N1CCC(c2ccc(CN(C)C)cc2)=N1)C(N)(C(=O)O)c1cccc(F)c1. The average Bonchev–Trinajstić information content (AvgIpc) is 3.21. The Balaban J connectivity index is 1.92. The Kier molecular flexibility index (Phi) is 7.35. The fraction of sp³-hybridized carbons (Fsp3) is 0.391. The smallest absolute Gasteiger partial charge is 0.330 e. The molecule has 0 bridgehead atoms. The lowest BCUT2D eigenvalue weighted by Crippen LogP contribution is -2.60. The molecular formula is C23H29FN4O2S. The molecule has 166 valence electrons. The first kappa shape index (κ1) is 23.2. The highest BCUT2D eigenvalue weighted by molar-refractivity contribution is 7.98. The van der Waals surface area contributed by atoms with E-state index in [9.17, 15) is 14.3 Å². The number of hydrazone groups is 1. The number of carbonyl (C=O) groups is 1. The molecule has 3 N–H and O–H groups in total. The van der Waals surface area contributed by atoms with Gasteiger partial charge in [0.15, 0.2) is 5.54 Å². The summed E-state index contributed by atoms with van der Waals surface area (Å²) in [6, 6.07) is 13.1. The molecule has 0 spiro atoms. The molecule has 2 unspecified atom stereocenters. The van der Waals surface area contributed by atoms with Crippen LogP contribution in [0.5, 0.6) is 0 Å². The van der Waals surface area contributed by atoms with E-state index in [2.05, 4.69) is 17.0 Å². The monoisotopic (exact) mass is 444 g/mol. The molecule has 0 aliphatic carbocycles. The summed E-state index contributed by atoms with van der Waals surface area (Å²) in [6.45, 7) is 1.41. The number of nitrogens with two attached hydrogens (primary N) is 1. The van der Waals surface area contributed by atoms with Gasteiger partial charge < -0.3 is 15.7 Å². The summed E-state index contributed by atoms with van der Waals surface area (Å²) in [6.07, 6.45) is 2.59. The minimum absolute atomic E-state index is 0.232. The lowest BCUT2D eigenvalue weighted by molar-refractivity contribution is -0.146. The van der Waals surface area contributed by atoms with Gasteiger partial charge in [-0.15, -0.1) is 0 Å². The first-order valence-corrected chi connectivity index (χ1v) is 11.5. The van der Waals surface area contributed by atoms with Crippen molar-refractivity contribution in [3.8, 4) is 0 Å². The fourth-order valence-electron chi connectivity index (χ4n) is 3.89. The van der Waals surface area contributed by atoms with E-state index in [0.29, 0.717) is 18.7 Å². The molecule has 0 radical (unpaired) electrons. The molecular weight excluding hydrogens is 415 g/mol. The van der Waals surface area contributed by atoms with Gasteiger partial charge in [-0.25, -0.2) is 9.18 Å². The number of halogens is 1. The third-order valence-electron chi connectivity index (χ3n) is 5.48. The van der Waals surface area contributed by atoms with Crippen molar-refractivity contribution in [2.75, 3.05) is 32.6 Å². The van der Waals surface area contributed by atoms with Crippen molar-refractivity contribution >= 4 is 23.4 Å². The molecule has 1 aliphatic heterocycles. The second-order valence-corrected chi connectivity index (χ2v) is 8.96. The van der Waals surface area contributed by atoms with Gasteiger partial charge in [-0.1, -0.05) is 36.4 Å². The van der Waals surface area contributed by atoms with Crippen LogP contribution in [0.2, 0.25) is 0 Å². The van der Waals surface area contributed by atoms with Crippen LogP contribution in [0.1, 0.15) is 23.1 Å². The summed E-state index contributed by atoms with van der Waals surface area (Å²) in [4.78, 5) is 14.5. The lowest BCUT2D eigenvalue weighted by atomic mass is 9.84. The van der Waals surface area contributed by atoms with Crippen molar-refractivity contribution < 1.29 is 14.3 Å². The van der Waals surface area contributed by atoms with E-state index in [-0.39, 0.29) is 5.56 Å². The molecule has 6 nitrogen and oxygen atoms in total. The Morgan fingerprint density at radius 1 is 1.32 bits per heavy atom. The van der Waals surface area contributed by atoms with E-state index < -0.39 is 23.4 Å². The predicted molar refractivity (Wildman–Crippen MR) is 124 cm³/mol. The molecule has 0 saturated carbocycles. The number of hydrogen-bond donors (Lipinski definition) is 2. The van der Waals surface area contributed by atoms with Gasteiger partial charge in [-0.2, -0.15) is 16.9 Å². The molecule has 0 saturated heterocycles. The summed E-state index contributed by atoms with van der Waals surface area (Å²) in [5, 5.41) is 16.6. The van der Waals surface area contributed by atoms with Crippen molar-refractivity contribution in [1.29, 1.82) is 0 Å². The third kappa shape index (κ3) is 5.08. The number of aliphatic carboxylic acids is 1. The van der Waals surface area contributed by atoms with Crippen molar-refractivity contribution in [3.05, 3.63) is 71.0 Å². The standard InChI is InChI=1S/C23H29FN4O2S/c1-27(2)14-16-7-9-17(10-8-16)20-11-12-28(26-20)21(15-31-3)23(25,22(29)30)18-5-4-6-19(24)13-18/h4-10,13,21H,11-12,14-15,25H2,1-3H3,(H,29,30). The largest absolute Gasteiger partial charge is 0.480 e. The maximum absolute atomic E-state index is 13.9. The summed E-state index contributed by atoms with van der Waals surface area (Å²) in [5.41, 5.74) is 8.06. The van der Waals surface area contributed by atoms with Crippen LogP contribution in [0.25, 0.3) is 0 Å². The van der Waals surface area contributed by atoms with Gasteiger partial charge in [-0.3, -0.25) is 5.01 Å². The highest BCUT2D eigenvalue weighted by Gasteiger charge is 2.48. The summed E-state index contributed by atoms with van der Waals surface area (Å²) in [7, 11) is 4.05. The van der Waals surface area contributed by atoms with Crippen LogP contribution in [-0.4, -0.2) is 65.4 Å². The predicted octanol–water partition coefficient (Wildman–Crippen LogP) is 2.97. The topological polar surface area (TPSA) is 82.2 Å². The maximum atomic E-state index is 13.9. The zero-order valence-corrected chi connectivity index (χ0v) is 18.9. The third-order valence-corrected chi connectivity index (χ3v) is 6.13. The Hall–Kier alpha value is -2.42. The van der Waals surface area contributed by atoms with Crippen LogP contribution < -0.4 is 5.73 Å². The van der Waals surface area contributed by atoms with Crippen LogP contribution in [-0.2, 0) is 16.9 Å². The minimum Gasteiger partial charge on any atom is -0.480 e. The molecule has 2 aromatic rings. The fourth-order valence-corrected chi connectivity index (χ4v) is 4.64.